The van der Waals surface area contributed by atoms with Crippen LogP contribution in [-0.4, -0.2) is 36.7 Å². The fraction of sp³-hybridized carbons (Fsp3) is 0.333. The third-order valence-electron chi connectivity index (χ3n) is 5.89. The molecule has 196 valence electrons. The van der Waals surface area contributed by atoms with Gasteiger partial charge in [0.05, 0.1) is 13.0 Å². The van der Waals surface area contributed by atoms with Crippen LogP contribution in [0.25, 0.3) is 11.1 Å². The van der Waals surface area contributed by atoms with Crippen molar-refractivity contribution in [2.24, 2.45) is 11.8 Å². The van der Waals surface area contributed by atoms with Crippen LogP contribution >= 0.6 is 23.2 Å². The highest BCUT2D eigenvalue weighted by Crippen LogP contribution is 2.30. The zero-order valence-electron chi connectivity index (χ0n) is 21.2. The molecule has 0 aliphatic rings. The van der Waals surface area contributed by atoms with Gasteiger partial charge in [-0.05, 0) is 65.6 Å². The summed E-state index contributed by atoms with van der Waals surface area (Å²) in [5.41, 5.74) is 4.82. The second-order valence-corrected chi connectivity index (χ2v) is 10.5. The van der Waals surface area contributed by atoms with Gasteiger partial charge in [-0.1, -0.05) is 79.5 Å². The Labute approximate surface area is 228 Å². The van der Waals surface area contributed by atoms with E-state index in [9.17, 15) is 9.59 Å². The maximum absolute atomic E-state index is 12.2. The van der Waals surface area contributed by atoms with Crippen molar-refractivity contribution in [2.75, 3.05) is 19.8 Å². The third kappa shape index (κ3) is 9.51. The summed E-state index contributed by atoms with van der Waals surface area (Å²) in [6, 6.07) is 21.4. The van der Waals surface area contributed by atoms with Crippen molar-refractivity contribution in [1.82, 2.24) is 5.32 Å². The molecule has 0 fully saturated rings. The summed E-state index contributed by atoms with van der Waals surface area (Å²) < 4.78 is 6.01. The van der Waals surface area contributed by atoms with Crippen molar-refractivity contribution in [3.63, 3.8) is 0 Å². The molecule has 2 N–H and O–H groups in total. The molecule has 5 nitrogen and oxygen atoms in total. The average molecular weight is 543 g/mol. The highest BCUT2D eigenvalue weighted by molar-refractivity contribution is 6.36. The molecule has 3 aromatic carbocycles. The van der Waals surface area contributed by atoms with E-state index >= 15 is 0 Å². The van der Waals surface area contributed by atoms with E-state index in [2.05, 4.69) is 43.4 Å². The fourth-order valence-electron chi connectivity index (χ4n) is 4.05. The first kappa shape index (κ1) is 28.7. The lowest BCUT2D eigenvalue weighted by Gasteiger charge is -2.19. The van der Waals surface area contributed by atoms with Gasteiger partial charge in [0.25, 0.3) is 5.91 Å². The van der Waals surface area contributed by atoms with Crippen LogP contribution < -0.4 is 5.32 Å². The summed E-state index contributed by atoms with van der Waals surface area (Å²) in [5.74, 6) is -0.489. The molecular formula is C30H33Cl2NO4. The van der Waals surface area contributed by atoms with E-state index in [0.29, 0.717) is 34.7 Å². The Bertz CT molecular complexity index is 1180. The first-order chi connectivity index (χ1) is 17.7. The Balaban J connectivity index is 1.66. The minimum absolute atomic E-state index is 0.102. The van der Waals surface area contributed by atoms with Gasteiger partial charge in [-0.25, -0.2) is 0 Å². The Morgan fingerprint density at radius 3 is 2.08 bits per heavy atom. The number of carboxylic acid groups (broad SMARTS) is 1. The predicted molar refractivity (Wildman–Crippen MR) is 149 cm³/mol. The van der Waals surface area contributed by atoms with Crippen molar-refractivity contribution in [2.45, 2.75) is 33.1 Å². The number of hydrogen-bond donors (Lipinski definition) is 2. The van der Waals surface area contributed by atoms with Gasteiger partial charge in [-0.3, -0.25) is 9.59 Å². The van der Waals surface area contributed by atoms with Gasteiger partial charge in [-0.2, -0.15) is 0 Å². The topological polar surface area (TPSA) is 75.6 Å². The molecular weight excluding hydrogens is 509 g/mol. The number of carbonyl (C=O) groups is 2. The molecule has 0 radical (unpaired) electrons. The summed E-state index contributed by atoms with van der Waals surface area (Å²) in [6.45, 7) is 5.72. The lowest BCUT2D eigenvalue weighted by atomic mass is 9.92. The predicted octanol–water partition coefficient (Wildman–Crippen LogP) is 6.94. The number of ether oxygens (including phenoxy) is 1. The number of halogens is 2. The Kier molecular flexibility index (Phi) is 11.0. The summed E-state index contributed by atoms with van der Waals surface area (Å²) in [7, 11) is 0. The van der Waals surface area contributed by atoms with Gasteiger partial charge in [0.2, 0.25) is 0 Å². The molecule has 0 aliphatic heterocycles. The van der Waals surface area contributed by atoms with Gasteiger partial charge in [0.1, 0.15) is 0 Å². The molecule has 0 heterocycles. The highest BCUT2D eigenvalue weighted by atomic mass is 35.5. The van der Waals surface area contributed by atoms with E-state index in [1.165, 1.54) is 5.56 Å². The van der Waals surface area contributed by atoms with Gasteiger partial charge in [0, 0.05) is 34.3 Å². The molecule has 7 heteroatoms. The van der Waals surface area contributed by atoms with Gasteiger partial charge in [-0.15, -0.1) is 0 Å². The Morgan fingerprint density at radius 2 is 1.51 bits per heavy atom. The van der Waals surface area contributed by atoms with E-state index in [4.69, 9.17) is 33.0 Å². The smallest absolute Gasteiger partial charge is 0.305 e. The molecule has 0 spiro atoms. The van der Waals surface area contributed by atoms with Crippen LogP contribution in [0, 0.1) is 11.8 Å². The lowest BCUT2D eigenvalue weighted by molar-refractivity contribution is -0.136. The number of amides is 1. The number of aliphatic carboxylic acids is 1. The first-order valence-corrected chi connectivity index (χ1v) is 13.2. The van der Waals surface area contributed by atoms with Crippen LogP contribution in [0.4, 0.5) is 0 Å². The molecule has 0 aromatic heterocycles. The zero-order chi connectivity index (χ0) is 26.8. The largest absolute Gasteiger partial charge is 0.481 e. The fourth-order valence-corrected chi connectivity index (χ4v) is 4.57. The minimum Gasteiger partial charge on any atom is -0.481 e. The van der Waals surface area contributed by atoms with Crippen molar-refractivity contribution >= 4 is 35.1 Å². The van der Waals surface area contributed by atoms with Gasteiger partial charge in [0.15, 0.2) is 0 Å². The van der Waals surface area contributed by atoms with Crippen LogP contribution in [0.5, 0.6) is 0 Å². The monoisotopic (exact) mass is 541 g/mol. The lowest BCUT2D eigenvalue weighted by Crippen LogP contribution is -2.26. The zero-order valence-corrected chi connectivity index (χ0v) is 22.7. The maximum Gasteiger partial charge on any atom is 0.305 e. The van der Waals surface area contributed by atoms with Crippen LogP contribution in [0.2, 0.25) is 10.0 Å². The second kappa shape index (κ2) is 14.2. The number of benzene rings is 3. The summed E-state index contributed by atoms with van der Waals surface area (Å²) in [6.07, 6.45) is 1.56. The molecule has 1 amide bonds. The van der Waals surface area contributed by atoms with E-state index < -0.39 is 5.97 Å². The van der Waals surface area contributed by atoms with E-state index in [1.54, 1.807) is 18.2 Å². The molecule has 1 atom stereocenters. The number of carboxylic acids is 1. The van der Waals surface area contributed by atoms with Crippen LogP contribution in [0.1, 0.15) is 41.8 Å². The molecule has 0 saturated carbocycles. The Morgan fingerprint density at radius 1 is 0.892 bits per heavy atom. The minimum atomic E-state index is -0.940. The van der Waals surface area contributed by atoms with Gasteiger partial charge >= 0.3 is 5.97 Å². The first-order valence-electron chi connectivity index (χ1n) is 12.4. The number of carbonyl (C=O) groups excluding carboxylic acids is 1. The normalized spacial score (nSPS) is 11.9. The molecule has 0 aliphatic carbocycles. The summed E-state index contributed by atoms with van der Waals surface area (Å²) in [4.78, 5) is 22.9. The standard InChI is InChI=1S/C30H33Cl2NO4/c1-20(2)18-37-19-23(16-22-5-9-25(10-6-22)30(36)33-14-13-29(34)35)15-21-3-7-24(8-4-21)27-12-11-26(31)17-28(27)32/h3-12,17,20,23H,13-16,18-19H2,1-2H3,(H,33,36)(H,34,35)/t23-/m0/s1. The Hall–Kier alpha value is -2.86. The average Bonchev–Trinajstić information content (AvgIpc) is 2.84. The van der Waals surface area contributed by atoms with Crippen molar-refractivity contribution in [3.8, 4) is 11.1 Å². The number of hydrogen-bond acceptors (Lipinski definition) is 3. The molecule has 0 unspecified atom stereocenters. The molecule has 0 bridgehead atoms. The van der Waals surface area contributed by atoms with Gasteiger partial charge < -0.3 is 15.2 Å². The maximum atomic E-state index is 12.2. The number of nitrogens with one attached hydrogen (secondary N) is 1. The van der Waals surface area contributed by atoms with E-state index in [-0.39, 0.29) is 24.8 Å². The highest BCUT2D eigenvalue weighted by Gasteiger charge is 2.14. The molecule has 3 aromatic rings. The second-order valence-electron chi connectivity index (χ2n) is 9.62. The summed E-state index contributed by atoms with van der Waals surface area (Å²) >= 11 is 12.4. The third-order valence-corrected chi connectivity index (χ3v) is 6.44. The van der Waals surface area contributed by atoms with E-state index in [0.717, 1.165) is 29.5 Å². The van der Waals surface area contributed by atoms with E-state index in [1.807, 2.05) is 24.3 Å². The van der Waals surface area contributed by atoms with Crippen LogP contribution in [-0.2, 0) is 22.4 Å². The molecule has 3 rings (SSSR count). The van der Waals surface area contributed by atoms with Crippen molar-refractivity contribution in [3.05, 3.63) is 93.5 Å². The molecule has 37 heavy (non-hydrogen) atoms. The number of rotatable bonds is 13. The molecule has 0 saturated heterocycles. The SMILES string of the molecule is CC(C)COC[C@H](Cc1ccc(C(=O)NCCC(=O)O)cc1)Cc1ccc(-c2ccc(Cl)cc2Cl)cc1. The van der Waals surface area contributed by atoms with Crippen molar-refractivity contribution < 1.29 is 19.4 Å². The quantitative estimate of drug-likeness (QED) is 0.245. The van der Waals surface area contributed by atoms with Crippen molar-refractivity contribution in [1.29, 1.82) is 0 Å². The summed E-state index contributed by atoms with van der Waals surface area (Å²) in [5, 5.41) is 12.6. The van der Waals surface area contributed by atoms with Crippen LogP contribution in [0.3, 0.4) is 0 Å². The van der Waals surface area contributed by atoms with Crippen LogP contribution in [0.15, 0.2) is 66.7 Å².